The van der Waals surface area contributed by atoms with E-state index in [9.17, 15) is 9.90 Å². The Kier molecular flexibility index (Phi) is 5.85. The van der Waals surface area contributed by atoms with Crippen LogP contribution in [0.4, 0.5) is 10.5 Å². The number of hydrogen-bond acceptors (Lipinski definition) is 2. The molecular weight excluding hydrogens is 443 g/mol. The summed E-state index contributed by atoms with van der Waals surface area (Å²) < 4.78 is 0. The van der Waals surface area contributed by atoms with Crippen LogP contribution in [0.2, 0.25) is 10.0 Å². The molecule has 3 unspecified atom stereocenters. The fourth-order valence-corrected chi connectivity index (χ4v) is 5.40. The molecule has 3 aromatic rings. The van der Waals surface area contributed by atoms with Crippen molar-refractivity contribution >= 4 is 34.9 Å². The van der Waals surface area contributed by atoms with Crippen LogP contribution in [0.25, 0.3) is 0 Å². The third-order valence-electron chi connectivity index (χ3n) is 6.53. The number of aliphatic hydroxyl groups excluding tert-OH is 1. The molecule has 3 N–H and O–H groups in total. The van der Waals surface area contributed by atoms with Crippen molar-refractivity contribution in [3.63, 3.8) is 0 Å². The molecule has 0 bridgehead atoms. The van der Waals surface area contributed by atoms with Gasteiger partial charge in [-0.15, -0.1) is 0 Å². The Morgan fingerprint density at radius 2 is 1.75 bits per heavy atom. The number of aliphatic hydroxyl groups is 1. The predicted octanol–water partition coefficient (Wildman–Crippen LogP) is 5.73. The molecule has 0 fully saturated rings. The average molecular weight is 467 g/mol. The number of fused-ring (bicyclic) bond motifs is 2. The standard InChI is InChI=1S/C26H24Cl2N2O2/c27-22-9-8-15(11-23(22)28)10-18-12-16-4-1-2-6-20(16)25(18)30-26(32)29-24-7-3-5-17-13-19(31)14-21(17)24/h1-9,11,18-19,25,31H,10,12-14H2,(H2,29,30,32). The van der Waals surface area contributed by atoms with E-state index in [0.29, 0.717) is 22.9 Å². The van der Waals surface area contributed by atoms with E-state index < -0.39 is 0 Å². The summed E-state index contributed by atoms with van der Waals surface area (Å²) >= 11 is 12.3. The van der Waals surface area contributed by atoms with Crippen molar-refractivity contribution in [2.75, 3.05) is 5.32 Å². The number of nitrogens with one attached hydrogen (secondary N) is 2. The molecule has 4 nitrogen and oxygen atoms in total. The minimum Gasteiger partial charge on any atom is -0.392 e. The van der Waals surface area contributed by atoms with Crippen molar-refractivity contribution in [1.82, 2.24) is 5.32 Å². The molecule has 32 heavy (non-hydrogen) atoms. The van der Waals surface area contributed by atoms with Crippen LogP contribution < -0.4 is 10.6 Å². The SMILES string of the molecule is O=C(Nc1cccc2c1CC(O)C2)NC1c2ccccc2CC1Cc1ccc(Cl)c(Cl)c1. The van der Waals surface area contributed by atoms with Crippen molar-refractivity contribution in [3.8, 4) is 0 Å². The van der Waals surface area contributed by atoms with Gasteiger partial charge in [0.15, 0.2) is 0 Å². The van der Waals surface area contributed by atoms with Crippen molar-refractivity contribution in [1.29, 1.82) is 0 Å². The Morgan fingerprint density at radius 1 is 0.938 bits per heavy atom. The van der Waals surface area contributed by atoms with Crippen molar-refractivity contribution < 1.29 is 9.90 Å². The highest BCUT2D eigenvalue weighted by molar-refractivity contribution is 6.42. The van der Waals surface area contributed by atoms with Gasteiger partial charge in [0.1, 0.15) is 0 Å². The van der Waals surface area contributed by atoms with E-state index >= 15 is 0 Å². The van der Waals surface area contributed by atoms with Gasteiger partial charge in [0.2, 0.25) is 0 Å². The van der Waals surface area contributed by atoms with Gasteiger partial charge >= 0.3 is 6.03 Å². The number of rotatable bonds is 4. The monoisotopic (exact) mass is 466 g/mol. The summed E-state index contributed by atoms with van der Waals surface area (Å²) in [5, 5.41) is 17.3. The van der Waals surface area contributed by atoms with Gasteiger partial charge in [-0.3, -0.25) is 0 Å². The molecule has 5 rings (SSSR count). The number of carbonyl (C=O) groups excluding carboxylic acids is 1. The summed E-state index contributed by atoms with van der Waals surface area (Å²) in [6.07, 6.45) is 2.48. The minimum absolute atomic E-state index is 0.108. The van der Waals surface area contributed by atoms with Gasteiger partial charge in [-0.05, 0) is 71.2 Å². The highest BCUT2D eigenvalue weighted by Gasteiger charge is 2.34. The first-order valence-corrected chi connectivity index (χ1v) is 11.6. The van der Waals surface area contributed by atoms with Crippen LogP contribution in [0, 0.1) is 5.92 Å². The zero-order valence-corrected chi connectivity index (χ0v) is 19.0. The van der Waals surface area contributed by atoms with Crippen molar-refractivity contribution in [2.45, 2.75) is 37.8 Å². The van der Waals surface area contributed by atoms with E-state index in [2.05, 4.69) is 22.8 Å². The first-order valence-electron chi connectivity index (χ1n) is 10.9. The fraction of sp³-hybridized carbons (Fsp3) is 0.269. The molecule has 0 aromatic heterocycles. The third-order valence-corrected chi connectivity index (χ3v) is 7.27. The first-order chi connectivity index (χ1) is 15.5. The average Bonchev–Trinajstić information content (AvgIpc) is 3.31. The summed E-state index contributed by atoms with van der Waals surface area (Å²) in [5.74, 6) is 0.207. The van der Waals surface area contributed by atoms with E-state index in [4.69, 9.17) is 23.2 Å². The molecule has 0 spiro atoms. The molecule has 0 radical (unpaired) electrons. The Bertz CT molecular complexity index is 1180. The van der Waals surface area contributed by atoms with Crippen LogP contribution in [0.3, 0.4) is 0 Å². The number of anilines is 1. The number of hydrogen-bond donors (Lipinski definition) is 3. The lowest BCUT2D eigenvalue weighted by atomic mass is 9.93. The maximum Gasteiger partial charge on any atom is 0.319 e. The van der Waals surface area contributed by atoms with E-state index in [0.717, 1.165) is 40.8 Å². The van der Waals surface area contributed by atoms with E-state index in [-0.39, 0.29) is 24.1 Å². The van der Waals surface area contributed by atoms with Crippen LogP contribution in [0.15, 0.2) is 60.7 Å². The summed E-state index contributed by atoms with van der Waals surface area (Å²) in [6, 6.07) is 19.5. The van der Waals surface area contributed by atoms with Gasteiger partial charge in [0, 0.05) is 12.1 Å². The predicted molar refractivity (Wildman–Crippen MR) is 129 cm³/mol. The molecule has 2 amide bonds. The minimum atomic E-state index is -0.381. The molecule has 2 aliphatic carbocycles. The molecule has 3 atom stereocenters. The van der Waals surface area contributed by atoms with Crippen LogP contribution in [0.5, 0.6) is 0 Å². The maximum atomic E-state index is 13.0. The Hall–Kier alpha value is -2.53. The molecule has 3 aromatic carbocycles. The molecule has 0 saturated carbocycles. The quantitative estimate of drug-likeness (QED) is 0.459. The number of halogens is 2. The molecule has 0 aliphatic heterocycles. The van der Waals surface area contributed by atoms with Gasteiger partial charge in [-0.2, -0.15) is 0 Å². The van der Waals surface area contributed by atoms with E-state index in [1.54, 1.807) is 0 Å². The lowest BCUT2D eigenvalue weighted by Gasteiger charge is -2.23. The van der Waals surface area contributed by atoms with Crippen LogP contribution in [0.1, 0.15) is 33.9 Å². The second kappa shape index (κ2) is 8.78. The highest BCUT2D eigenvalue weighted by Crippen LogP contribution is 2.39. The largest absolute Gasteiger partial charge is 0.392 e. The lowest BCUT2D eigenvalue weighted by molar-refractivity contribution is 0.187. The number of urea groups is 1. The molecule has 6 heteroatoms. The molecule has 2 aliphatic rings. The Morgan fingerprint density at radius 3 is 2.59 bits per heavy atom. The third kappa shape index (κ3) is 4.23. The van der Waals surface area contributed by atoms with Gasteiger partial charge in [0.05, 0.1) is 22.2 Å². The number of amides is 2. The highest BCUT2D eigenvalue weighted by atomic mass is 35.5. The zero-order valence-electron chi connectivity index (χ0n) is 17.4. The topological polar surface area (TPSA) is 61.4 Å². The Balaban J connectivity index is 1.36. The second-order valence-electron chi connectivity index (χ2n) is 8.70. The normalized spacial score (nSPS) is 21.2. The van der Waals surface area contributed by atoms with Crippen molar-refractivity contribution in [3.05, 3.63) is 98.5 Å². The molecule has 0 heterocycles. The van der Waals surface area contributed by atoms with E-state index in [1.807, 2.05) is 48.5 Å². The van der Waals surface area contributed by atoms with Gasteiger partial charge in [-0.1, -0.05) is 65.7 Å². The van der Waals surface area contributed by atoms with Crippen LogP contribution in [-0.4, -0.2) is 17.2 Å². The Labute approximate surface area is 197 Å². The van der Waals surface area contributed by atoms with E-state index in [1.165, 1.54) is 5.56 Å². The lowest BCUT2D eigenvalue weighted by Crippen LogP contribution is -2.35. The molecule has 0 saturated heterocycles. The maximum absolute atomic E-state index is 13.0. The van der Waals surface area contributed by atoms with Crippen LogP contribution >= 0.6 is 23.2 Å². The summed E-state index contributed by atoms with van der Waals surface area (Å²) in [6.45, 7) is 0. The van der Waals surface area contributed by atoms with Gasteiger partial charge in [0.25, 0.3) is 0 Å². The smallest absolute Gasteiger partial charge is 0.319 e. The van der Waals surface area contributed by atoms with Crippen molar-refractivity contribution in [2.24, 2.45) is 5.92 Å². The fourth-order valence-electron chi connectivity index (χ4n) is 5.08. The summed E-state index contributed by atoms with van der Waals surface area (Å²) in [5.41, 5.74) is 6.39. The zero-order chi connectivity index (χ0) is 22.2. The van der Waals surface area contributed by atoms with Gasteiger partial charge < -0.3 is 15.7 Å². The first kappa shape index (κ1) is 21.3. The van der Waals surface area contributed by atoms with Crippen LogP contribution in [-0.2, 0) is 25.7 Å². The molecular formula is C26H24Cl2N2O2. The summed E-state index contributed by atoms with van der Waals surface area (Å²) in [4.78, 5) is 13.0. The molecule has 164 valence electrons. The summed E-state index contributed by atoms with van der Waals surface area (Å²) in [7, 11) is 0. The van der Waals surface area contributed by atoms with Gasteiger partial charge in [-0.25, -0.2) is 4.79 Å². The number of carbonyl (C=O) groups is 1. The second-order valence-corrected chi connectivity index (χ2v) is 9.51. The number of benzene rings is 3.